The lowest BCUT2D eigenvalue weighted by Gasteiger charge is -2.30. The molecule has 1 saturated heterocycles. The number of piperidine rings is 1. The molecule has 1 fully saturated rings. The van der Waals surface area contributed by atoms with E-state index in [9.17, 15) is 9.90 Å². The quantitative estimate of drug-likeness (QED) is 0.316. The van der Waals surface area contributed by atoms with Gasteiger partial charge < -0.3 is 10.0 Å². The smallest absolute Gasteiger partial charge is 0.307 e. The summed E-state index contributed by atoms with van der Waals surface area (Å²) in [6.45, 7) is 2.66. The Morgan fingerprint density at radius 3 is 2.69 bits per heavy atom. The highest BCUT2D eigenvalue weighted by Gasteiger charge is 2.24. The average molecular weight is 428 g/mol. The summed E-state index contributed by atoms with van der Waals surface area (Å²) in [6.07, 6.45) is 8.13. The number of rotatable bonds is 8. The minimum Gasteiger partial charge on any atom is -0.481 e. The lowest BCUT2D eigenvalue weighted by atomic mass is 9.98. The van der Waals surface area contributed by atoms with E-state index in [1.807, 2.05) is 36.4 Å². The highest BCUT2D eigenvalue weighted by Crippen LogP contribution is 2.27. The molecular weight excluding hydrogens is 398 g/mol. The number of hydrogen-bond donors (Lipinski definition) is 1. The molecule has 3 aromatic rings. The highest BCUT2D eigenvalue weighted by molar-refractivity contribution is 5.92. The number of likely N-dealkylation sites (tertiary alicyclic amines) is 1. The van der Waals surface area contributed by atoms with E-state index in [4.69, 9.17) is 0 Å². The molecule has 1 unspecified atom stereocenters. The van der Waals surface area contributed by atoms with Crippen LogP contribution in [0.15, 0.2) is 83.0 Å². The van der Waals surface area contributed by atoms with Crippen LogP contribution in [0, 0.1) is 5.92 Å². The van der Waals surface area contributed by atoms with Gasteiger partial charge in [-0.3, -0.25) is 4.79 Å². The highest BCUT2D eigenvalue weighted by atomic mass is 16.4. The number of carbonyl (C=O) groups is 1. The number of nitrogens with zero attached hydrogens (tertiary/aromatic N) is 3. The number of unbranched alkanes of at least 4 members (excludes halogenated alkanes) is 1. The summed E-state index contributed by atoms with van der Waals surface area (Å²) in [7, 11) is 0. The summed E-state index contributed by atoms with van der Waals surface area (Å²) < 4.78 is 0. The Balaban J connectivity index is 1.26. The molecule has 1 heterocycles. The topological polar surface area (TPSA) is 65.3 Å². The second-order valence-electron chi connectivity index (χ2n) is 8.31. The molecule has 0 spiro atoms. The lowest BCUT2D eigenvalue weighted by Crippen LogP contribution is -2.39. The molecule has 1 atom stereocenters. The maximum atomic E-state index is 11.2. The number of benzene rings is 3. The van der Waals surface area contributed by atoms with Crippen LogP contribution in [0.5, 0.6) is 0 Å². The molecule has 1 aliphatic rings. The van der Waals surface area contributed by atoms with Crippen LogP contribution in [0.3, 0.4) is 0 Å². The van der Waals surface area contributed by atoms with E-state index in [1.54, 1.807) is 0 Å². The predicted molar refractivity (Wildman–Crippen MR) is 130 cm³/mol. The predicted octanol–water partition coefficient (Wildman–Crippen LogP) is 6.85. The van der Waals surface area contributed by atoms with Crippen LogP contribution in [0.4, 0.5) is 11.4 Å². The number of fused-ring (bicyclic) bond motifs is 1. The molecule has 164 valence electrons. The van der Waals surface area contributed by atoms with Crippen molar-refractivity contribution in [1.82, 2.24) is 4.90 Å². The molecule has 5 heteroatoms. The third-order valence-corrected chi connectivity index (χ3v) is 5.94. The van der Waals surface area contributed by atoms with Crippen molar-refractivity contribution in [3.8, 4) is 0 Å². The van der Waals surface area contributed by atoms with Crippen LogP contribution < -0.4 is 0 Å². The maximum Gasteiger partial charge on any atom is 0.307 e. The standard InChI is InChI=1S/C27H29N3O2/c31-27(32)23-11-7-19-30(20-23)18-5-1-2-8-21-14-16-24(17-15-21)28-29-26-13-6-10-22-9-3-4-12-25(22)26/h2-4,6,8-10,12-17,23H,1,5,7,11,18-20H2,(H,31,32). The van der Waals surface area contributed by atoms with Crippen molar-refractivity contribution < 1.29 is 9.90 Å². The fourth-order valence-electron chi connectivity index (χ4n) is 4.17. The summed E-state index contributed by atoms with van der Waals surface area (Å²) >= 11 is 0. The first-order chi connectivity index (χ1) is 15.7. The SMILES string of the molecule is O=C(O)C1CCCN(CCCC=Cc2ccc(N=Nc3cccc4ccccc34)cc2)C1. The number of hydrogen-bond acceptors (Lipinski definition) is 4. The van der Waals surface area contributed by atoms with Crippen LogP contribution in [0.2, 0.25) is 0 Å². The van der Waals surface area contributed by atoms with Crippen molar-refractivity contribution in [3.63, 3.8) is 0 Å². The first kappa shape index (κ1) is 21.9. The zero-order chi connectivity index (χ0) is 22.2. The third kappa shape index (κ3) is 5.89. The largest absolute Gasteiger partial charge is 0.481 e. The Kier molecular flexibility index (Phi) is 7.41. The van der Waals surface area contributed by atoms with Gasteiger partial charge in [-0.15, -0.1) is 5.11 Å². The van der Waals surface area contributed by atoms with Crippen LogP contribution in [0.1, 0.15) is 31.2 Å². The molecule has 0 aromatic heterocycles. The second-order valence-corrected chi connectivity index (χ2v) is 8.31. The fourth-order valence-corrected chi connectivity index (χ4v) is 4.17. The molecule has 5 nitrogen and oxygen atoms in total. The van der Waals surface area contributed by atoms with E-state index >= 15 is 0 Å². The van der Waals surface area contributed by atoms with E-state index in [2.05, 4.69) is 57.6 Å². The van der Waals surface area contributed by atoms with Crippen molar-refractivity contribution in [3.05, 3.63) is 78.4 Å². The van der Waals surface area contributed by atoms with Gasteiger partial charge in [0.1, 0.15) is 0 Å². The van der Waals surface area contributed by atoms with Crippen LogP contribution in [-0.2, 0) is 4.79 Å². The van der Waals surface area contributed by atoms with Crippen LogP contribution >= 0.6 is 0 Å². The van der Waals surface area contributed by atoms with Crippen molar-refractivity contribution in [1.29, 1.82) is 0 Å². The Bertz CT molecular complexity index is 1100. The van der Waals surface area contributed by atoms with Gasteiger partial charge in [0.15, 0.2) is 0 Å². The third-order valence-electron chi connectivity index (χ3n) is 5.94. The Morgan fingerprint density at radius 1 is 1.03 bits per heavy atom. The monoisotopic (exact) mass is 427 g/mol. The van der Waals surface area contributed by atoms with Crippen molar-refractivity contribution in [2.75, 3.05) is 19.6 Å². The fraction of sp³-hybridized carbons (Fsp3) is 0.296. The Morgan fingerprint density at radius 2 is 1.84 bits per heavy atom. The summed E-state index contributed by atoms with van der Waals surface area (Å²) in [4.78, 5) is 13.5. The van der Waals surface area contributed by atoms with Crippen molar-refractivity contribution >= 4 is 34.2 Å². The average Bonchev–Trinajstić information content (AvgIpc) is 2.83. The number of azo groups is 1. The molecule has 32 heavy (non-hydrogen) atoms. The molecular formula is C27H29N3O2. The molecule has 1 aliphatic heterocycles. The minimum atomic E-state index is -0.658. The van der Waals surface area contributed by atoms with Gasteiger partial charge in [0.2, 0.25) is 0 Å². The minimum absolute atomic E-state index is 0.199. The summed E-state index contributed by atoms with van der Waals surface area (Å²) in [5.74, 6) is -0.856. The first-order valence-corrected chi connectivity index (χ1v) is 11.3. The van der Waals surface area contributed by atoms with Crippen molar-refractivity contribution in [2.24, 2.45) is 16.1 Å². The molecule has 0 saturated carbocycles. The Hall–Kier alpha value is -3.31. The van der Waals surface area contributed by atoms with Gasteiger partial charge in [0.25, 0.3) is 0 Å². The normalized spacial score (nSPS) is 17.4. The molecule has 0 bridgehead atoms. The first-order valence-electron chi connectivity index (χ1n) is 11.3. The van der Waals surface area contributed by atoms with E-state index in [1.165, 1.54) is 0 Å². The van der Waals surface area contributed by atoms with Gasteiger partial charge in [-0.25, -0.2) is 0 Å². The summed E-state index contributed by atoms with van der Waals surface area (Å²) in [6, 6.07) is 22.3. The van der Waals surface area contributed by atoms with Gasteiger partial charge >= 0.3 is 5.97 Å². The molecule has 3 aromatic carbocycles. The lowest BCUT2D eigenvalue weighted by molar-refractivity contribution is -0.143. The van der Waals surface area contributed by atoms with Gasteiger partial charge in [-0.1, -0.05) is 60.7 Å². The van der Waals surface area contributed by atoms with Gasteiger partial charge in [0, 0.05) is 11.9 Å². The van der Waals surface area contributed by atoms with Gasteiger partial charge in [0.05, 0.1) is 17.3 Å². The molecule has 1 N–H and O–H groups in total. The summed E-state index contributed by atoms with van der Waals surface area (Å²) in [5.41, 5.74) is 2.83. The number of carboxylic acids is 1. The number of allylic oxidation sites excluding steroid dienone is 1. The van der Waals surface area contributed by atoms with E-state index < -0.39 is 5.97 Å². The van der Waals surface area contributed by atoms with Gasteiger partial charge in [-0.05, 0) is 67.9 Å². The number of carboxylic acid groups (broad SMARTS) is 1. The zero-order valence-corrected chi connectivity index (χ0v) is 18.2. The van der Waals surface area contributed by atoms with E-state index in [0.29, 0.717) is 6.54 Å². The van der Waals surface area contributed by atoms with Crippen molar-refractivity contribution in [2.45, 2.75) is 25.7 Å². The van der Waals surface area contributed by atoms with E-state index in [-0.39, 0.29) is 5.92 Å². The van der Waals surface area contributed by atoms with Crippen LogP contribution in [0.25, 0.3) is 16.8 Å². The Labute approximate surface area is 189 Å². The molecule has 0 radical (unpaired) electrons. The second kappa shape index (κ2) is 10.8. The zero-order valence-electron chi connectivity index (χ0n) is 18.2. The molecule has 0 aliphatic carbocycles. The van der Waals surface area contributed by atoms with Gasteiger partial charge in [-0.2, -0.15) is 5.11 Å². The molecule has 0 amide bonds. The number of aliphatic carboxylic acids is 1. The molecule has 4 rings (SSSR count). The maximum absolute atomic E-state index is 11.2. The van der Waals surface area contributed by atoms with E-state index in [0.717, 1.165) is 66.5 Å². The summed E-state index contributed by atoms with van der Waals surface area (Å²) in [5, 5.41) is 20.3. The van der Waals surface area contributed by atoms with Crippen LogP contribution in [-0.4, -0.2) is 35.6 Å².